The number of ether oxygens (including phenoxy) is 1. The zero-order valence-corrected chi connectivity index (χ0v) is 14.0. The lowest BCUT2D eigenvalue weighted by atomic mass is 10.2. The van der Waals surface area contributed by atoms with Crippen LogP contribution in [-0.2, 0) is 0 Å². The van der Waals surface area contributed by atoms with Crippen molar-refractivity contribution < 1.29 is 9.53 Å². The van der Waals surface area contributed by atoms with E-state index in [-0.39, 0.29) is 5.91 Å². The van der Waals surface area contributed by atoms with E-state index in [9.17, 15) is 4.79 Å². The fourth-order valence-corrected chi connectivity index (χ4v) is 2.80. The molecule has 7 nitrogen and oxygen atoms in total. The first-order chi connectivity index (χ1) is 11.7. The first kappa shape index (κ1) is 16.2. The van der Waals surface area contributed by atoms with Gasteiger partial charge in [0.25, 0.3) is 5.91 Å². The number of aromatic nitrogens is 3. The molecule has 1 aliphatic heterocycles. The Morgan fingerprint density at radius 2 is 1.88 bits per heavy atom. The summed E-state index contributed by atoms with van der Waals surface area (Å²) in [5.41, 5.74) is 1.28. The number of pyridine rings is 1. The molecule has 1 amide bonds. The molecule has 0 aromatic carbocycles. The molecular weight excluding hydrogens is 306 g/mol. The fraction of sp³-hybridized carbons (Fsp3) is 0.412. The summed E-state index contributed by atoms with van der Waals surface area (Å²) in [7, 11) is 0. The molecule has 3 heterocycles. The lowest BCUT2D eigenvalue weighted by Crippen LogP contribution is -2.49. The smallest absolute Gasteiger partial charge is 0.276 e. The standard InChI is InChI=1S/C17H21N5O2/c1-3-24-14-5-4-6-19-15(14)17(23)22-11-9-21(10-12-22)16-13(2)18-7-8-20-16/h4-8H,3,9-12H2,1-2H3. The van der Waals surface area contributed by atoms with Gasteiger partial charge in [0.2, 0.25) is 0 Å². The lowest BCUT2D eigenvalue weighted by Gasteiger charge is -2.35. The Balaban J connectivity index is 1.69. The van der Waals surface area contributed by atoms with Crippen LogP contribution in [0, 0.1) is 6.92 Å². The molecule has 0 atom stereocenters. The Morgan fingerprint density at radius 1 is 1.12 bits per heavy atom. The van der Waals surface area contributed by atoms with Crippen LogP contribution in [0.5, 0.6) is 5.75 Å². The molecule has 1 fully saturated rings. The summed E-state index contributed by atoms with van der Waals surface area (Å²) in [4.78, 5) is 29.6. The molecule has 7 heteroatoms. The van der Waals surface area contributed by atoms with Gasteiger partial charge in [-0.25, -0.2) is 9.97 Å². The number of carbonyl (C=O) groups is 1. The van der Waals surface area contributed by atoms with Gasteiger partial charge in [-0.15, -0.1) is 0 Å². The van der Waals surface area contributed by atoms with Crippen LogP contribution in [0.2, 0.25) is 0 Å². The van der Waals surface area contributed by atoms with Crippen molar-refractivity contribution in [3.8, 4) is 5.75 Å². The van der Waals surface area contributed by atoms with Gasteiger partial charge in [-0.05, 0) is 26.0 Å². The van der Waals surface area contributed by atoms with Crippen LogP contribution in [0.15, 0.2) is 30.7 Å². The molecule has 0 saturated carbocycles. The molecule has 0 N–H and O–H groups in total. The molecule has 1 saturated heterocycles. The summed E-state index contributed by atoms with van der Waals surface area (Å²) in [6, 6.07) is 3.56. The maximum Gasteiger partial charge on any atom is 0.276 e. The molecule has 2 aromatic rings. The summed E-state index contributed by atoms with van der Waals surface area (Å²) in [5, 5.41) is 0. The van der Waals surface area contributed by atoms with E-state index in [2.05, 4.69) is 19.9 Å². The predicted molar refractivity (Wildman–Crippen MR) is 90.3 cm³/mol. The molecule has 126 valence electrons. The van der Waals surface area contributed by atoms with Gasteiger partial charge in [-0.2, -0.15) is 0 Å². The Labute approximate surface area is 141 Å². The van der Waals surface area contributed by atoms with Crippen molar-refractivity contribution in [1.82, 2.24) is 19.9 Å². The van der Waals surface area contributed by atoms with E-state index in [1.54, 1.807) is 30.7 Å². The topological polar surface area (TPSA) is 71.5 Å². The molecule has 0 bridgehead atoms. The largest absolute Gasteiger partial charge is 0.491 e. The van der Waals surface area contributed by atoms with Crippen molar-refractivity contribution in [2.45, 2.75) is 13.8 Å². The van der Waals surface area contributed by atoms with Crippen LogP contribution in [0.3, 0.4) is 0 Å². The molecule has 24 heavy (non-hydrogen) atoms. The van der Waals surface area contributed by atoms with Crippen LogP contribution in [-0.4, -0.2) is 58.5 Å². The summed E-state index contributed by atoms with van der Waals surface area (Å²) in [6.45, 7) is 7.04. The Bertz CT molecular complexity index is 714. The average molecular weight is 327 g/mol. The van der Waals surface area contributed by atoms with Gasteiger partial charge in [0.05, 0.1) is 12.3 Å². The molecule has 0 unspecified atom stereocenters. The van der Waals surface area contributed by atoms with Crippen molar-refractivity contribution in [1.29, 1.82) is 0 Å². The van der Waals surface area contributed by atoms with Crippen LogP contribution in [0.4, 0.5) is 5.82 Å². The summed E-state index contributed by atoms with van der Waals surface area (Å²) in [5.74, 6) is 1.34. The van der Waals surface area contributed by atoms with Crippen LogP contribution in [0.1, 0.15) is 23.1 Å². The highest BCUT2D eigenvalue weighted by molar-refractivity contribution is 5.95. The first-order valence-corrected chi connectivity index (χ1v) is 8.10. The number of hydrogen-bond acceptors (Lipinski definition) is 6. The van der Waals surface area contributed by atoms with E-state index in [0.717, 1.165) is 24.6 Å². The second-order valence-electron chi connectivity index (χ2n) is 5.53. The third-order valence-electron chi connectivity index (χ3n) is 3.99. The molecule has 0 aliphatic carbocycles. The molecule has 1 aliphatic rings. The van der Waals surface area contributed by atoms with Crippen molar-refractivity contribution in [3.05, 3.63) is 42.1 Å². The minimum atomic E-state index is -0.0884. The van der Waals surface area contributed by atoms with E-state index in [4.69, 9.17) is 4.74 Å². The molecule has 2 aromatic heterocycles. The number of carbonyl (C=O) groups excluding carboxylic acids is 1. The summed E-state index contributed by atoms with van der Waals surface area (Å²) in [6.07, 6.45) is 5.01. The van der Waals surface area contributed by atoms with Crippen molar-refractivity contribution in [3.63, 3.8) is 0 Å². The Hall–Kier alpha value is -2.70. The van der Waals surface area contributed by atoms with Gasteiger partial charge < -0.3 is 14.5 Å². The second-order valence-corrected chi connectivity index (χ2v) is 5.53. The lowest BCUT2D eigenvalue weighted by molar-refractivity contribution is 0.0736. The monoisotopic (exact) mass is 327 g/mol. The van der Waals surface area contributed by atoms with Crippen molar-refractivity contribution in [2.75, 3.05) is 37.7 Å². The summed E-state index contributed by atoms with van der Waals surface area (Å²) < 4.78 is 5.52. The third kappa shape index (κ3) is 3.29. The third-order valence-corrected chi connectivity index (χ3v) is 3.99. The highest BCUT2D eigenvalue weighted by Crippen LogP contribution is 2.20. The van der Waals surface area contributed by atoms with E-state index < -0.39 is 0 Å². The SMILES string of the molecule is CCOc1cccnc1C(=O)N1CCN(c2nccnc2C)CC1. The molecule has 0 radical (unpaired) electrons. The maximum absolute atomic E-state index is 12.7. The minimum Gasteiger partial charge on any atom is -0.491 e. The average Bonchev–Trinajstić information content (AvgIpc) is 2.63. The number of anilines is 1. The van der Waals surface area contributed by atoms with Gasteiger partial charge in [0.15, 0.2) is 11.4 Å². The van der Waals surface area contributed by atoms with Gasteiger partial charge in [-0.1, -0.05) is 0 Å². The number of nitrogens with zero attached hydrogens (tertiary/aromatic N) is 5. The van der Waals surface area contributed by atoms with Crippen molar-refractivity contribution in [2.24, 2.45) is 0 Å². The van der Waals surface area contributed by atoms with Gasteiger partial charge in [0, 0.05) is 44.8 Å². The molecule has 0 spiro atoms. The van der Waals surface area contributed by atoms with Gasteiger partial charge >= 0.3 is 0 Å². The molecular formula is C17H21N5O2. The molecule has 3 rings (SSSR count). The fourth-order valence-electron chi connectivity index (χ4n) is 2.80. The first-order valence-electron chi connectivity index (χ1n) is 8.10. The number of piperazine rings is 1. The van der Waals surface area contributed by atoms with E-state index in [1.165, 1.54) is 0 Å². The zero-order valence-electron chi connectivity index (χ0n) is 14.0. The van der Waals surface area contributed by atoms with E-state index >= 15 is 0 Å². The van der Waals surface area contributed by atoms with Gasteiger partial charge in [-0.3, -0.25) is 9.78 Å². The Morgan fingerprint density at radius 3 is 2.58 bits per heavy atom. The van der Waals surface area contributed by atoms with E-state index in [0.29, 0.717) is 31.1 Å². The number of rotatable bonds is 4. The van der Waals surface area contributed by atoms with Crippen LogP contribution >= 0.6 is 0 Å². The van der Waals surface area contributed by atoms with E-state index in [1.807, 2.05) is 18.7 Å². The quantitative estimate of drug-likeness (QED) is 0.848. The van der Waals surface area contributed by atoms with Gasteiger partial charge in [0.1, 0.15) is 5.82 Å². The maximum atomic E-state index is 12.7. The normalized spacial score (nSPS) is 14.6. The van der Waals surface area contributed by atoms with Crippen LogP contribution in [0.25, 0.3) is 0 Å². The minimum absolute atomic E-state index is 0.0884. The van der Waals surface area contributed by atoms with Crippen molar-refractivity contribution >= 4 is 11.7 Å². The summed E-state index contributed by atoms with van der Waals surface area (Å²) >= 11 is 0. The zero-order chi connectivity index (χ0) is 16.9. The predicted octanol–water partition coefficient (Wildman–Crippen LogP) is 1.54. The second kappa shape index (κ2) is 7.25. The highest BCUT2D eigenvalue weighted by atomic mass is 16.5. The highest BCUT2D eigenvalue weighted by Gasteiger charge is 2.26. The number of aryl methyl sites for hydroxylation is 1. The number of hydrogen-bond donors (Lipinski definition) is 0. The van der Waals surface area contributed by atoms with Crippen LogP contribution < -0.4 is 9.64 Å². The number of amides is 1. The Kier molecular flexibility index (Phi) is 4.88.